The lowest BCUT2D eigenvalue weighted by atomic mass is 10.1. The molecule has 1 aliphatic rings. The van der Waals surface area contributed by atoms with Crippen molar-refractivity contribution in [1.29, 1.82) is 0 Å². The Labute approximate surface area is 112 Å². The van der Waals surface area contributed by atoms with Gasteiger partial charge in [0.15, 0.2) is 11.5 Å². The van der Waals surface area contributed by atoms with Gasteiger partial charge in [0.2, 0.25) is 6.79 Å². The largest absolute Gasteiger partial charge is 0.454 e. The molecule has 0 bridgehead atoms. The number of ether oxygens (including phenoxy) is 2. The van der Waals surface area contributed by atoms with E-state index in [1.807, 2.05) is 36.3 Å². The number of rotatable bonds is 4. The van der Waals surface area contributed by atoms with E-state index < -0.39 is 0 Å². The average Bonchev–Trinajstić information content (AvgIpc) is 3.03. The summed E-state index contributed by atoms with van der Waals surface area (Å²) in [5.41, 5.74) is 2.35. The standard InChI is InChI=1S/C14H17N3O2/c1-10(16-7-12-6-15-8-17(12)2)11-3-4-13-14(5-11)19-9-18-13/h3-6,8,10,16H,7,9H2,1-2H3/t10-/m0/s1. The average molecular weight is 259 g/mol. The van der Waals surface area contributed by atoms with Gasteiger partial charge in [0.05, 0.1) is 12.0 Å². The van der Waals surface area contributed by atoms with Gasteiger partial charge in [-0.25, -0.2) is 4.98 Å². The molecule has 5 nitrogen and oxygen atoms in total. The molecule has 1 aromatic carbocycles. The summed E-state index contributed by atoms with van der Waals surface area (Å²) in [7, 11) is 2.00. The van der Waals surface area contributed by atoms with Gasteiger partial charge in [-0.15, -0.1) is 0 Å². The highest BCUT2D eigenvalue weighted by Crippen LogP contribution is 2.34. The Morgan fingerprint density at radius 2 is 2.21 bits per heavy atom. The summed E-state index contributed by atoms with van der Waals surface area (Å²) in [6.45, 7) is 3.23. The van der Waals surface area contributed by atoms with Crippen LogP contribution in [0.4, 0.5) is 0 Å². The molecule has 5 heteroatoms. The van der Waals surface area contributed by atoms with Crippen LogP contribution < -0.4 is 14.8 Å². The smallest absolute Gasteiger partial charge is 0.231 e. The van der Waals surface area contributed by atoms with Crippen molar-refractivity contribution < 1.29 is 9.47 Å². The number of aryl methyl sites for hydroxylation is 1. The molecule has 1 atom stereocenters. The van der Waals surface area contributed by atoms with Crippen molar-refractivity contribution in [2.45, 2.75) is 19.5 Å². The Balaban J connectivity index is 1.67. The minimum absolute atomic E-state index is 0.240. The molecule has 1 aromatic heterocycles. The van der Waals surface area contributed by atoms with Gasteiger partial charge in [0.25, 0.3) is 0 Å². The Hall–Kier alpha value is -2.01. The molecule has 0 amide bonds. The predicted molar refractivity (Wildman–Crippen MR) is 71.0 cm³/mol. The first-order valence-electron chi connectivity index (χ1n) is 6.32. The zero-order valence-electron chi connectivity index (χ0n) is 11.1. The van der Waals surface area contributed by atoms with Crippen molar-refractivity contribution in [1.82, 2.24) is 14.9 Å². The van der Waals surface area contributed by atoms with E-state index in [1.54, 1.807) is 0 Å². The van der Waals surface area contributed by atoms with Gasteiger partial charge < -0.3 is 19.4 Å². The van der Waals surface area contributed by atoms with Crippen LogP contribution in [0.15, 0.2) is 30.7 Å². The van der Waals surface area contributed by atoms with Gasteiger partial charge >= 0.3 is 0 Å². The molecule has 2 heterocycles. The van der Waals surface area contributed by atoms with E-state index in [0.717, 1.165) is 23.7 Å². The number of hydrogen-bond donors (Lipinski definition) is 1. The second-order valence-electron chi connectivity index (χ2n) is 4.71. The third-order valence-corrected chi connectivity index (χ3v) is 3.40. The lowest BCUT2D eigenvalue weighted by Gasteiger charge is -2.14. The fourth-order valence-corrected chi connectivity index (χ4v) is 2.11. The summed E-state index contributed by atoms with van der Waals surface area (Å²) in [4.78, 5) is 4.11. The second-order valence-corrected chi connectivity index (χ2v) is 4.71. The number of nitrogens with zero attached hydrogens (tertiary/aromatic N) is 2. The number of aromatic nitrogens is 2. The maximum atomic E-state index is 5.39. The third-order valence-electron chi connectivity index (χ3n) is 3.40. The van der Waals surface area contributed by atoms with Crippen LogP contribution in [0.3, 0.4) is 0 Å². The summed E-state index contributed by atoms with van der Waals surface area (Å²) in [5, 5.41) is 3.48. The molecule has 0 radical (unpaired) electrons. The van der Waals surface area contributed by atoms with Crippen LogP contribution in [0.25, 0.3) is 0 Å². The number of imidazole rings is 1. The van der Waals surface area contributed by atoms with Crippen molar-refractivity contribution in [3.63, 3.8) is 0 Å². The zero-order chi connectivity index (χ0) is 13.2. The summed E-state index contributed by atoms with van der Waals surface area (Å²) >= 11 is 0. The van der Waals surface area contributed by atoms with E-state index in [0.29, 0.717) is 6.79 Å². The highest BCUT2D eigenvalue weighted by molar-refractivity contribution is 5.45. The minimum Gasteiger partial charge on any atom is -0.454 e. The summed E-state index contributed by atoms with van der Waals surface area (Å²) in [5.74, 6) is 1.65. The molecule has 2 aromatic rings. The molecule has 0 unspecified atom stereocenters. The molecular formula is C14H17N3O2. The fourth-order valence-electron chi connectivity index (χ4n) is 2.11. The van der Waals surface area contributed by atoms with Crippen molar-refractivity contribution in [3.05, 3.63) is 42.0 Å². The zero-order valence-corrected chi connectivity index (χ0v) is 11.1. The van der Waals surface area contributed by atoms with Crippen LogP contribution in [0.1, 0.15) is 24.2 Å². The first kappa shape index (κ1) is 12.0. The minimum atomic E-state index is 0.240. The molecule has 1 N–H and O–H groups in total. The highest BCUT2D eigenvalue weighted by Gasteiger charge is 2.15. The molecule has 100 valence electrons. The number of nitrogens with one attached hydrogen (secondary N) is 1. The molecule has 0 spiro atoms. The quantitative estimate of drug-likeness (QED) is 0.912. The van der Waals surface area contributed by atoms with Gasteiger partial charge in [0.1, 0.15) is 0 Å². The lowest BCUT2D eigenvalue weighted by Crippen LogP contribution is -2.19. The van der Waals surface area contributed by atoms with Crippen LogP contribution in [-0.2, 0) is 13.6 Å². The first-order chi connectivity index (χ1) is 9.24. The van der Waals surface area contributed by atoms with Crippen LogP contribution in [-0.4, -0.2) is 16.3 Å². The van der Waals surface area contributed by atoms with E-state index in [2.05, 4.69) is 23.3 Å². The number of benzene rings is 1. The van der Waals surface area contributed by atoms with Crippen LogP contribution in [0.2, 0.25) is 0 Å². The van der Waals surface area contributed by atoms with Crippen LogP contribution >= 0.6 is 0 Å². The van der Waals surface area contributed by atoms with E-state index in [1.165, 1.54) is 5.56 Å². The summed E-state index contributed by atoms with van der Waals surface area (Å²) in [6, 6.07) is 6.29. The maximum absolute atomic E-state index is 5.39. The van der Waals surface area contributed by atoms with Crippen LogP contribution in [0.5, 0.6) is 11.5 Å². The Kier molecular flexibility index (Phi) is 3.13. The van der Waals surface area contributed by atoms with Crippen molar-refractivity contribution in [3.8, 4) is 11.5 Å². The molecule has 19 heavy (non-hydrogen) atoms. The molecule has 3 rings (SSSR count). The molecule has 0 fully saturated rings. The van der Waals surface area contributed by atoms with E-state index in [9.17, 15) is 0 Å². The molecule has 0 saturated carbocycles. The summed E-state index contributed by atoms with van der Waals surface area (Å²) in [6.07, 6.45) is 3.68. The predicted octanol–water partition coefficient (Wildman–Crippen LogP) is 2.00. The topological polar surface area (TPSA) is 48.3 Å². The van der Waals surface area contributed by atoms with E-state index in [4.69, 9.17) is 9.47 Å². The van der Waals surface area contributed by atoms with Gasteiger partial charge in [-0.05, 0) is 24.6 Å². The number of fused-ring (bicyclic) bond motifs is 1. The van der Waals surface area contributed by atoms with Crippen molar-refractivity contribution in [2.24, 2.45) is 7.05 Å². The van der Waals surface area contributed by atoms with Gasteiger partial charge in [-0.1, -0.05) is 6.07 Å². The lowest BCUT2D eigenvalue weighted by molar-refractivity contribution is 0.174. The Morgan fingerprint density at radius 3 is 3.00 bits per heavy atom. The van der Waals surface area contributed by atoms with Crippen molar-refractivity contribution >= 4 is 0 Å². The Bertz CT molecular complexity index is 580. The van der Waals surface area contributed by atoms with Gasteiger partial charge in [0, 0.05) is 25.8 Å². The monoisotopic (exact) mass is 259 g/mol. The highest BCUT2D eigenvalue weighted by atomic mass is 16.7. The Morgan fingerprint density at radius 1 is 1.37 bits per heavy atom. The van der Waals surface area contributed by atoms with Gasteiger partial charge in [-0.2, -0.15) is 0 Å². The van der Waals surface area contributed by atoms with Crippen molar-refractivity contribution in [2.75, 3.05) is 6.79 Å². The molecule has 0 aliphatic carbocycles. The summed E-state index contributed by atoms with van der Waals surface area (Å²) < 4.78 is 12.7. The second kappa shape index (κ2) is 4.93. The SMILES string of the molecule is C[C@H](NCc1cncn1C)c1ccc2c(c1)OCO2. The normalized spacial score (nSPS) is 14.6. The van der Waals surface area contributed by atoms with E-state index >= 15 is 0 Å². The molecular weight excluding hydrogens is 242 g/mol. The first-order valence-corrected chi connectivity index (χ1v) is 6.32. The fraction of sp³-hybridized carbons (Fsp3) is 0.357. The molecule has 1 aliphatic heterocycles. The van der Waals surface area contributed by atoms with Gasteiger partial charge in [-0.3, -0.25) is 0 Å². The maximum Gasteiger partial charge on any atom is 0.231 e. The van der Waals surface area contributed by atoms with E-state index in [-0.39, 0.29) is 6.04 Å². The molecule has 0 saturated heterocycles. The van der Waals surface area contributed by atoms with Crippen LogP contribution in [0, 0.1) is 0 Å². The third kappa shape index (κ3) is 2.42. The number of hydrogen-bond acceptors (Lipinski definition) is 4.